The van der Waals surface area contributed by atoms with Crippen molar-refractivity contribution in [3.8, 4) is 0 Å². The SMILES string of the molecule is C=CCn1c(C)cc(C(=O)COC(=O)c2ccc3c(c2)NC(=O)[C@@H]2CCCN32)c1C. The van der Waals surface area contributed by atoms with Crippen molar-refractivity contribution in [2.24, 2.45) is 0 Å². The van der Waals surface area contributed by atoms with Gasteiger partial charge in [-0.1, -0.05) is 6.08 Å². The number of allylic oxidation sites excluding steroid dienone is 1. The van der Waals surface area contributed by atoms with E-state index in [1.165, 1.54) is 0 Å². The monoisotopic (exact) mass is 407 g/mol. The third-order valence-electron chi connectivity index (χ3n) is 5.88. The number of carbonyl (C=O) groups is 3. The van der Waals surface area contributed by atoms with Crippen LogP contribution in [0.25, 0.3) is 0 Å². The number of Topliss-reactive ketones (excluding diaryl/α,β-unsaturated/α-hetero) is 1. The Balaban J connectivity index is 1.46. The number of hydrogen-bond acceptors (Lipinski definition) is 5. The molecule has 1 fully saturated rings. The van der Waals surface area contributed by atoms with Crippen LogP contribution >= 0.6 is 0 Å². The largest absolute Gasteiger partial charge is 0.454 e. The van der Waals surface area contributed by atoms with Gasteiger partial charge in [-0.25, -0.2) is 4.79 Å². The fourth-order valence-corrected chi connectivity index (χ4v) is 4.34. The highest BCUT2D eigenvalue weighted by atomic mass is 16.5. The maximum atomic E-state index is 12.6. The molecule has 7 nitrogen and oxygen atoms in total. The minimum Gasteiger partial charge on any atom is -0.454 e. The molecule has 1 N–H and O–H groups in total. The highest BCUT2D eigenvalue weighted by molar-refractivity contribution is 6.06. The van der Waals surface area contributed by atoms with E-state index in [0.717, 1.165) is 36.5 Å². The molecule has 1 atom stereocenters. The maximum absolute atomic E-state index is 12.6. The summed E-state index contributed by atoms with van der Waals surface area (Å²) in [6.45, 7) is 8.62. The number of hydrogen-bond donors (Lipinski definition) is 1. The summed E-state index contributed by atoms with van der Waals surface area (Å²) >= 11 is 0. The zero-order valence-corrected chi connectivity index (χ0v) is 17.2. The average Bonchev–Trinajstić information content (AvgIpc) is 3.33. The van der Waals surface area contributed by atoms with Gasteiger partial charge < -0.3 is 19.5 Å². The van der Waals surface area contributed by atoms with Crippen LogP contribution in [0.2, 0.25) is 0 Å². The Labute approximate surface area is 175 Å². The Bertz CT molecular complexity index is 1050. The molecule has 1 amide bonds. The fraction of sp³-hybridized carbons (Fsp3) is 0.348. The number of carbonyl (C=O) groups excluding carboxylic acids is 3. The van der Waals surface area contributed by atoms with E-state index in [4.69, 9.17) is 4.74 Å². The number of ketones is 1. The Morgan fingerprint density at radius 2 is 2.10 bits per heavy atom. The summed E-state index contributed by atoms with van der Waals surface area (Å²) in [4.78, 5) is 39.5. The summed E-state index contributed by atoms with van der Waals surface area (Å²) in [5, 5.41) is 2.88. The second-order valence-corrected chi connectivity index (χ2v) is 7.76. The molecule has 156 valence electrons. The lowest BCUT2D eigenvalue weighted by atomic mass is 10.1. The molecule has 7 heteroatoms. The van der Waals surface area contributed by atoms with E-state index in [0.29, 0.717) is 23.4 Å². The molecule has 1 saturated heterocycles. The van der Waals surface area contributed by atoms with Gasteiger partial charge in [-0.05, 0) is 51.0 Å². The number of ether oxygens (including phenoxy) is 1. The predicted molar refractivity (Wildman–Crippen MR) is 114 cm³/mol. The van der Waals surface area contributed by atoms with Gasteiger partial charge in [0.2, 0.25) is 11.7 Å². The van der Waals surface area contributed by atoms with Crippen LogP contribution in [0, 0.1) is 13.8 Å². The zero-order chi connectivity index (χ0) is 21.4. The van der Waals surface area contributed by atoms with Gasteiger partial charge in [0.1, 0.15) is 6.04 Å². The highest BCUT2D eigenvalue weighted by Crippen LogP contribution is 2.37. The van der Waals surface area contributed by atoms with Crippen molar-refractivity contribution in [1.82, 2.24) is 4.57 Å². The smallest absolute Gasteiger partial charge is 0.338 e. The lowest BCUT2D eigenvalue weighted by Gasteiger charge is -2.33. The molecule has 2 aromatic rings. The first-order valence-corrected chi connectivity index (χ1v) is 10.1. The van der Waals surface area contributed by atoms with Crippen LogP contribution in [0.5, 0.6) is 0 Å². The number of fused-ring (bicyclic) bond motifs is 3. The van der Waals surface area contributed by atoms with Gasteiger partial charge in [0.25, 0.3) is 0 Å². The van der Waals surface area contributed by atoms with Crippen LogP contribution in [0.3, 0.4) is 0 Å². The molecule has 0 radical (unpaired) electrons. The number of nitrogens with zero attached hydrogens (tertiary/aromatic N) is 2. The molecule has 2 aliphatic heterocycles. The van der Waals surface area contributed by atoms with Gasteiger partial charge in [-0.15, -0.1) is 6.58 Å². The van der Waals surface area contributed by atoms with Crippen LogP contribution in [0.15, 0.2) is 36.9 Å². The van der Waals surface area contributed by atoms with Crippen LogP contribution in [0.1, 0.15) is 44.9 Å². The van der Waals surface area contributed by atoms with E-state index in [9.17, 15) is 14.4 Å². The number of amides is 1. The number of nitrogens with one attached hydrogen (secondary N) is 1. The van der Waals surface area contributed by atoms with E-state index in [2.05, 4.69) is 16.8 Å². The van der Waals surface area contributed by atoms with Crippen molar-refractivity contribution in [3.63, 3.8) is 0 Å². The van der Waals surface area contributed by atoms with Gasteiger partial charge in [-0.2, -0.15) is 0 Å². The Morgan fingerprint density at radius 1 is 1.30 bits per heavy atom. The van der Waals surface area contributed by atoms with Crippen molar-refractivity contribution >= 4 is 29.0 Å². The average molecular weight is 407 g/mol. The number of esters is 1. The van der Waals surface area contributed by atoms with Gasteiger partial charge in [0.15, 0.2) is 6.61 Å². The maximum Gasteiger partial charge on any atom is 0.338 e. The molecule has 0 spiro atoms. The van der Waals surface area contributed by atoms with Crippen molar-refractivity contribution < 1.29 is 19.1 Å². The summed E-state index contributed by atoms with van der Waals surface area (Å²) in [6, 6.07) is 6.79. The van der Waals surface area contributed by atoms with E-state index < -0.39 is 5.97 Å². The van der Waals surface area contributed by atoms with Crippen molar-refractivity contribution in [3.05, 3.63) is 59.4 Å². The minimum atomic E-state index is -0.594. The number of aryl methyl sites for hydroxylation is 1. The summed E-state index contributed by atoms with van der Waals surface area (Å²) in [6.07, 6.45) is 3.58. The molecular formula is C23H25N3O4. The zero-order valence-electron chi connectivity index (χ0n) is 17.2. The summed E-state index contributed by atoms with van der Waals surface area (Å²) in [7, 11) is 0. The molecule has 2 aliphatic rings. The molecule has 30 heavy (non-hydrogen) atoms. The first-order chi connectivity index (χ1) is 14.4. The lowest BCUT2D eigenvalue weighted by molar-refractivity contribution is -0.117. The lowest BCUT2D eigenvalue weighted by Crippen LogP contribution is -2.43. The molecule has 0 unspecified atom stereocenters. The van der Waals surface area contributed by atoms with Crippen LogP contribution < -0.4 is 10.2 Å². The quantitative estimate of drug-likeness (QED) is 0.452. The Kier molecular flexibility index (Phi) is 5.20. The van der Waals surface area contributed by atoms with E-state index in [1.807, 2.05) is 24.5 Å². The van der Waals surface area contributed by atoms with Gasteiger partial charge in [-0.3, -0.25) is 9.59 Å². The summed E-state index contributed by atoms with van der Waals surface area (Å²) in [5.41, 5.74) is 4.14. The van der Waals surface area contributed by atoms with E-state index >= 15 is 0 Å². The van der Waals surface area contributed by atoms with E-state index in [-0.39, 0.29) is 24.3 Å². The first kappa shape index (κ1) is 19.9. The molecule has 4 rings (SSSR count). The van der Waals surface area contributed by atoms with Gasteiger partial charge in [0, 0.05) is 30.0 Å². The normalized spacial score (nSPS) is 17.2. The molecular weight excluding hydrogens is 382 g/mol. The standard InChI is InChI=1S/C23H25N3O4/c1-4-9-25-14(2)11-17(15(25)3)21(27)13-30-23(29)16-7-8-19-18(12-16)24-22(28)20-6-5-10-26(19)20/h4,7-8,11-12,20H,1,5-6,9-10,13H2,2-3H3,(H,24,28)/t20-/m0/s1. The highest BCUT2D eigenvalue weighted by Gasteiger charge is 2.36. The number of anilines is 2. The fourth-order valence-electron chi connectivity index (χ4n) is 4.34. The second-order valence-electron chi connectivity index (χ2n) is 7.76. The topological polar surface area (TPSA) is 80.6 Å². The third kappa shape index (κ3) is 3.40. The van der Waals surface area contributed by atoms with E-state index in [1.54, 1.807) is 24.3 Å². The first-order valence-electron chi connectivity index (χ1n) is 10.1. The number of aromatic nitrogens is 1. The number of rotatable bonds is 6. The third-order valence-corrected chi connectivity index (χ3v) is 5.88. The van der Waals surface area contributed by atoms with Crippen molar-refractivity contribution in [2.45, 2.75) is 39.3 Å². The molecule has 1 aromatic heterocycles. The van der Waals surface area contributed by atoms with Gasteiger partial charge in [0.05, 0.1) is 16.9 Å². The molecule has 0 bridgehead atoms. The van der Waals surface area contributed by atoms with Crippen LogP contribution in [-0.4, -0.2) is 41.4 Å². The van der Waals surface area contributed by atoms with Gasteiger partial charge >= 0.3 is 5.97 Å². The molecule has 0 aliphatic carbocycles. The Hall–Kier alpha value is -3.35. The molecule has 1 aromatic carbocycles. The minimum absolute atomic E-state index is 0.0458. The second kappa shape index (κ2) is 7.82. The predicted octanol–water partition coefficient (Wildman–Crippen LogP) is 3.25. The van der Waals surface area contributed by atoms with Crippen molar-refractivity contribution in [2.75, 3.05) is 23.4 Å². The Morgan fingerprint density at radius 3 is 2.87 bits per heavy atom. The summed E-state index contributed by atoms with van der Waals surface area (Å²) < 4.78 is 7.25. The van der Waals surface area contributed by atoms with Crippen LogP contribution in [0.4, 0.5) is 11.4 Å². The van der Waals surface area contributed by atoms with Crippen LogP contribution in [-0.2, 0) is 16.1 Å². The molecule has 3 heterocycles. The number of benzene rings is 1. The molecule has 0 saturated carbocycles. The summed E-state index contributed by atoms with van der Waals surface area (Å²) in [5.74, 6) is -0.891. The van der Waals surface area contributed by atoms with Crippen molar-refractivity contribution in [1.29, 1.82) is 0 Å².